The monoisotopic (exact) mass is 478 g/mol. The second-order valence-electron chi connectivity index (χ2n) is 12.4. The van der Waals surface area contributed by atoms with Gasteiger partial charge in [0.05, 0.1) is 6.10 Å². The van der Waals surface area contributed by atoms with Crippen molar-refractivity contribution in [2.75, 3.05) is 13.1 Å². The standard InChI is InChI=1S/C27H46N2O5/c1-16(4-9-24(31)32)20-7-8-21-19-6-5-17-14-18(34-25(33)29-13-12-28)10-11-26(17,2)22(19)15-23(30)27(20,21)3/h16-23,30H,4-15,28H2,1-3H3,(H,29,33)(H,31,32)/t16-,17-,18-,19+,20-,21+,22+,23+,26+,27-/m1/s1. The summed E-state index contributed by atoms with van der Waals surface area (Å²) in [5.41, 5.74) is 5.55. The molecule has 1 amide bonds. The fourth-order valence-electron chi connectivity index (χ4n) is 9.17. The molecule has 0 aliphatic heterocycles. The van der Waals surface area contributed by atoms with E-state index < -0.39 is 5.97 Å². The lowest BCUT2D eigenvalue weighted by atomic mass is 9.43. The molecule has 0 aromatic heterocycles. The largest absolute Gasteiger partial charge is 0.481 e. The zero-order valence-corrected chi connectivity index (χ0v) is 21.3. The molecule has 194 valence electrons. The van der Waals surface area contributed by atoms with Gasteiger partial charge in [0.1, 0.15) is 6.10 Å². The lowest BCUT2D eigenvalue weighted by molar-refractivity contribution is -0.175. The number of amides is 1. The van der Waals surface area contributed by atoms with Gasteiger partial charge in [-0.2, -0.15) is 0 Å². The summed E-state index contributed by atoms with van der Waals surface area (Å²) in [6.07, 6.45) is 8.54. The molecule has 4 saturated carbocycles. The summed E-state index contributed by atoms with van der Waals surface area (Å²) in [7, 11) is 0. The van der Waals surface area contributed by atoms with Crippen LogP contribution >= 0.6 is 0 Å². The van der Waals surface area contributed by atoms with Crippen LogP contribution in [-0.4, -0.2) is 47.6 Å². The van der Waals surface area contributed by atoms with Crippen LogP contribution < -0.4 is 11.1 Å². The number of hydrogen-bond donors (Lipinski definition) is 4. The summed E-state index contributed by atoms with van der Waals surface area (Å²) in [6, 6.07) is 0. The Bertz CT molecular complexity index is 761. The van der Waals surface area contributed by atoms with E-state index in [0.29, 0.717) is 55.0 Å². The summed E-state index contributed by atoms with van der Waals surface area (Å²) in [4.78, 5) is 23.2. The third kappa shape index (κ3) is 4.47. The third-order valence-corrected chi connectivity index (χ3v) is 11.0. The Balaban J connectivity index is 1.45. The minimum absolute atomic E-state index is 0.0304. The first kappa shape index (κ1) is 25.7. The van der Waals surface area contributed by atoms with Gasteiger partial charge in [0.2, 0.25) is 0 Å². The molecule has 4 aliphatic carbocycles. The maximum atomic E-state index is 12.1. The van der Waals surface area contributed by atoms with Crippen molar-refractivity contribution in [1.29, 1.82) is 0 Å². The van der Waals surface area contributed by atoms with Gasteiger partial charge in [-0.05, 0) is 104 Å². The van der Waals surface area contributed by atoms with Gasteiger partial charge in [0.15, 0.2) is 0 Å². The molecule has 7 heteroatoms. The van der Waals surface area contributed by atoms with E-state index in [2.05, 4.69) is 26.1 Å². The van der Waals surface area contributed by atoms with Crippen molar-refractivity contribution in [3.63, 3.8) is 0 Å². The van der Waals surface area contributed by atoms with E-state index in [1.807, 2.05) is 0 Å². The number of fused-ring (bicyclic) bond motifs is 5. The third-order valence-electron chi connectivity index (χ3n) is 11.0. The number of aliphatic carboxylic acids is 1. The molecule has 0 heterocycles. The van der Waals surface area contributed by atoms with Gasteiger partial charge in [-0.15, -0.1) is 0 Å². The van der Waals surface area contributed by atoms with Gasteiger partial charge in [0.25, 0.3) is 0 Å². The van der Waals surface area contributed by atoms with Crippen molar-refractivity contribution in [3.05, 3.63) is 0 Å². The Morgan fingerprint density at radius 3 is 2.59 bits per heavy atom. The molecule has 0 aromatic rings. The van der Waals surface area contributed by atoms with Crippen LogP contribution in [0, 0.1) is 46.3 Å². The van der Waals surface area contributed by atoms with E-state index in [9.17, 15) is 14.7 Å². The van der Waals surface area contributed by atoms with Crippen LogP contribution in [0.15, 0.2) is 0 Å². The zero-order chi connectivity index (χ0) is 24.7. The number of carbonyl (C=O) groups excluding carboxylic acids is 1. The summed E-state index contributed by atoms with van der Waals surface area (Å²) in [5.74, 6) is 2.19. The molecule has 4 fully saturated rings. The van der Waals surface area contributed by atoms with Crippen LogP contribution in [0.4, 0.5) is 4.79 Å². The van der Waals surface area contributed by atoms with Crippen LogP contribution in [0.25, 0.3) is 0 Å². The first-order chi connectivity index (χ1) is 16.1. The van der Waals surface area contributed by atoms with Crippen LogP contribution in [-0.2, 0) is 9.53 Å². The molecule has 0 aromatic carbocycles. The number of nitrogens with one attached hydrogen (secondary N) is 1. The second-order valence-corrected chi connectivity index (χ2v) is 12.4. The lowest BCUT2D eigenvalue weighted by Crippen LogP contribution is -2.59. The van der Waals surface area contributed by atoms with Gasteiger partial charge < -0.3 is 26.0 Å². The van der Waals surface area contributed by atoms with Crippen LogP contribution in [0.5, 0.6) is 0 Å². The fourth-order valence-corrected chi connectivity index (χ4v) is 9.17. The highest BCUT2D eigenvalue weighted by molar-refractivity contribution is 5.67. The first-order valence-electron chi connectivity index (χ1n) is 13.7. The maximum Gasteiger partial charge on any atom is 0.407 e. The molecule has 7 nitrogen and oxygen atoms in total. The topological polar surface area (TPSA) is 122 Å². The van der Waals surface area contributed by atoms with E-state index in [1.165, 1.54) is 12.8 Å². The van der Waals surface area contributed by atoms with E-state index in [4.69, 9.17) is 15.6 Å². The average Bonchev–Trinajstić information content (AvgIpc) is 3.16. The summed E-state index contributed by atoms with van der Waals surface area (Å²) in [5, 5.41) is 23.5. The van der Waals surface area contributed by atoms with Crippen LogP contribution in [0.1, 0.15) is 85.0 Å². The highest BCUT2D eigenvalue weighted by Gasteiger charge is 2.63. The number of aliphatic hydroxyl groups excluding tert-OH is 1. The molecule has 5 N–H and O–H groups in total. The number of aliphatic hydroxyl groups is 1. The molecule has 0 spiro atoms. The predicted octanol–water partition coefficient (Wildman–Crippen LogP) is 4.17. The van der Waals surface area contributed by atoms with Crippen molar-refractivity contribution in [2.24, 2.45) is 52.1 Å². The number of hydrogen-bond acceptors (Lipinski definition) is 5. The Labute approximate surface area is 204 Å². The summed E-state index contributed by atoms with van der Waals surface area (Å²) >= 11 is 0. The SMILES string of the molecule is C[C@H](CCC(=O)O)[C@H]1CC[C@H]2[C@@H]3CC[C@@H]4C[C@H](OC(=O)NCCN)CC[C@]4(C)[C@H]3C[C@H](O)[C@]12C. The Morgan fingerprint density at radius 2 is 1.88 bits per heavy atom. The van der Waals surface area contributed by atoms with Crippen molar-refractivity contribution >= 4 is 12.1 Å². The predicted molar refractivity (Wildman–Crippen MR) is 130 cm³/mol. The lowest BCUT2D eigenvalue weighted by Gasteiger charge is -2.62. The first-order valence-corrected chi connectivity index (χ1v) is 13.7. The van der Waals surface area contributed by atoms with E-state index >= 15 is 0 Å². The van der Waals surface area contributed by atoms with Gasteiger partial charge >= 0.3 is 12.1 Å². The van der Waals surface area contributed by atoms with Gasteiger partial charge in [-0.3, -0.25) is 4.79 Å². The minimum atomic E-state index is -0.724. The molecule has 4 aliphatic rings. The molecular formula is C27H46N2O5. The maximum absolute atomic E-state index is 12.1. The number of carboxylic acid groups (broad SMARTS) is 1. The normalized spacial score (nSPS) is 44.3. The van der Waals surface area contributed by atoms with Crippen molar-refractivity contribution in [1.82, 2.24) is 5.32 Å². The van der Waals surface area contributed by atoms with Crippen LogP contribution in [0.3, 0.4) is 0 Å². The smallest absolute Gasteiger partial charge is 0.407 e. The number of alkyl carbamates (subject to hydrolysis) is 1. The number of nitrogens with two attached hydrogens (primary N) is 1. The Kier molecular flexibility index (Phi) is 7.54. The van der Waals surface area contributed by atoms with E-state index in [-0.39, 0.29) is 35.6 Å². The highest BCUT2D eigenvalue weighted by atomic mass is 16.6. The molecule has 10 atom stereocenters. The molecule has 34 heavy (non-hydrogen) atoms. The average molecular weight is 479 g/mol. The van der Waals surface area contributed by atoms with E-state index in [0.717, 1.165) is 38.5 Å². The Hall–Kier alpha value is -1.34. The van der Waals surface area contributed by atoms with Crippen LogP contribution in [0.2, 0.25) is 0 Å². The quantitative estimate of drug-likeness (QED) is 0.436. The van der Waals surface area contributed by atoms with Crippen molar-refractivity contribution in [3.8, 4) is 0 Å². The second kappa shape index (κ2) is 9.96. The molecular weight excluding hydrogens is 432 g/mol. The molecule has 0 saturated heterocycles. The van der Waals surface area contributed by atoms with Gasteiger partial charge in [-0.1, -0.05) is 20.8 Å². The molecule has 4 rings (SSSR count). The highest BCUT2D eigenvalue weighted by Crippen LogP contribution is 2.68. The fraction of sp³-hybridized carbons (Fsp3) is 0.926. The summed E-state index contributed by atoms with van der Waals surface area (Å²) < 4.78 is 5.71. The van der Waals surface area contributed by atoms with E-state index in [1.54, 1.807) is 0 Å². The van der Waals surface area contributed by atoms with Gasteiger partial charge in [-0.25, -0.2) is 4.79 Å². The zero-order valence-electron chi connectivity index (χ0n) is 21.3. The van der Waals surface area contributed by atoms with Gasteiger partial charge in [0, 0.05) is 19.5 Å². The molecule has 0 radical (unpaired) electrons. The summed E-state index contributed by atoms with van der Waals surface area (Å²) in [6.45, 7) is 7.79. The minimum Gasteiger partial charge on any atom is -0.481 e. The Morgan fingerprint density at radius 1 is 1.12 bits per heavy atom. The van der Waals surface area contributed by atoms with Crippen molar-refractivity contribution in [2.45, 2.75) is 97.2 Å². The number of carboxylic acids is 1. The number of ether oxygens (including phenoxy) is 1. The number of carbonyl (C=O) groups is 2. The number of rotatable bonds is 7. The van der Waals surface area contributed by atoms with Crippen molar-refractivity contribution < 1.29 is 24.5 Å². The molecule has 0 unspecified atom stereocenters. The molecule has 0 bridgehead atoms.